The van der Waals surface area contributed by atoms with Crippen LogP contribution in [0.3, 0.4) is 0 Å². The number of rotatable bonds is 4. The number of H-pyrrole nitrogens is 1. The minimum atomic E-state index is -0.538. The number of carbonyl (C=O) groups is 2. The van der Waals surface area contributed by atoms with E-state index in [-0.39, 0.29) is 27.8 Å². The van der Waals surface area contributed by atoms with Crippen molar-refractivity contribution >= 4 is 23.4 Å². The lowest BCUT2D eigenvalue weighted by molar-refractivity contribution is -0.132. The molecular formula is C16H14ClN5O3. The lowest BCUT2D eigenvalue weighted by Crippen LogP contribution is -2.11. The van der Waals surface area contributed by atoms with E-state index >= 15 is 0 Å². The van der Waals surface area contributed by atoms with Gasteiger partial charge in [-0.05, 0) is 19.1 Å². The third-order valence-corrected chi connectivity index (χ3v) is 3.85. The van der Waals surface area contributed by atoms with Crippen LogP contribution in [-0.2, 0) is 11.8 Å². The monoisotopic (exact) mass is 359 g/mol. The molecule has 25 heavy (non-hydrogen) atoms. The molecule has 128 valence electrons. The Kier molecular flexibility index (Phi) is 4.37. The highest BCUT2D eigenvalue weighted by atomic mass is 35.5. The molecule has 0 fully saturated rings. The van der Waals surface area contributed by atoms with Gasteiger partial charge in [0.2, 0.25) is 11.7 Å². The van der Waals surface area contributed by atoms with Crippen LogP contribution in [0.4, 0.5) is 0 Å². The quantitative estimate of drug-likeness (QED) is 0.566. The Morgan fingerprint density at radius 1 is 1.32 bits per heavy atom. The molecule has 0 bridgehead atoms. The molecule has 3 rings (SSSR count). The number of benzene rings is 1. The topological polar surface area (TPSA) is 103 Å². The summed E-state index contributed by atoms with van der Waals surface area (Å²) < 4.78 is 6.48. The highest BCUT2D eigenvalue weighted by Gasteiger charge is 2.25. The van der Waals surface area contributed by atoms with Crippen molar-refractivity contribution in [3.63, 3.8) is 0 Å². The summed E-state index contributed by atoms with van der Waals surface area (Å²) in [6.45, 7) is 2.92. The lowest BCUT2D eigenvalue weighted by atomic mass is 10.0. The van der Waals surface area contributed by atoms with Crippen LogP contribution >= 0.6 is 11.6 Å². The van der Waals surface area contributed by atoms with Crippen LogP contribution in [0, 0.1) is 6.92 Å². The van der Waals surface area contributed by atoms with Crippen molar-refractivity contribution in [3.8, 4) is 17.3 Å². The Labute approximate surface area is 147 Å². The van der Waals surface area contributed by atoms with Crippen molar-refractivity contribution in [2.45, 2.75) is 13.8 Å². The molecule has 9 heteroatoms. The predicted octanol–water partition coefficient (Wildman–Crippen LogP) is 2.32. The van der Waals surface area contributed by atoms with Gasteiger partial charge in [0.25, 0.3) is 0 Å². The van der Waals surface area contributed by atoms with Crippen LogP contribution in [0.5, 0.6) is 5.88 Å². The number of aromatic amines is 1. The van der Waals surface area contributed by atoms with Crippen molar-refractivity contribution in [3.05, 3.63) is 46.4 Å². The zero-order valence-corrected chi connectivity index (χ0v) is 14.5. The number of halogens is 1. The van der Waals surface area contributed by atoms with Crippen LogP contribution in [0.1, 0.15) is 28.5 Å². The van der Waals surface area contributed by atoms with Crippen LogP contribution in [-0.4, -0.2) is 36.7 Å². The van der Waals surface area contributed by atoms with Gasteiger partial charge in [0.1, 0.15) is 11.9 Å². The summed E-state index contributed by atoms with van der Waals surface area (Å²) >= 11 is 6.29. The van der Waals surface area contributed by atoms with E-state index in [1.54, 1.807) is 32.2 Å². The average molecular weight is 360 g/mol. The standard InChI is InChI=1S/C16H14ClN5O3/c1-8-13(16(22(3)21-8)25-9(2)23)14(24)11-5-4-10(6-12(11)17)15-18-7-19-20-15/h4-7H,1-3H3,(H,18,19,20). The maximum atomic E-state index is 12.9. The van der Waals surface area contributed by atoms with Crippen LogP contribution < -0.4 is 4.74 Å². The van der Waals surface area contributed by atoms with Crippen molar-refractivity contribution in [2.24, 2.45) is 7.05 Å². The second kappa shape index (κ2) is 6.48. The van der Waals surface area contributed by atoms with E-state index in [2.05, 4.69) is 20.3 Å². The van der Waals surface area contributed by atoms with Gasteiger partial charge in [-0.15, -0.1) is 0 Å². The van der Waals surface area contributed by atoms with Gasteiger partial charge in [0.05, 0.1) is 10.7 Å². The number of hydrogen-bond donors (Lipinski definition) is 1. The number of ether oxygens (including phenoxy) is 1. The molecule has 2 heterocycles. The Balaban J connectivity index is 2.03. The van der Waals surface area contributed by atoms with Crippen molar-refractivity contribution in [1.82, 2.24) is 25.0 Å². The summed E-state index contributed by atoms with van der Waals surface area (Å²) in [4.78, 5) is 28.3. The minimum Gasteiger partial charge on any atom is -0.407 e. The average Bonchev–Trinajstić information content (AvgIpc) is 3.15. The SMILES string of the molecule is CC(=O)Oc1c(C(=O)c2ccc(-c3ncn[nH]3)cc2Cl)c(C)nn1C. The van der Waals surface area contributed by atoms with E-state index in [4.69, 9.17) is 16.3 Å². The van der Waals surface area contributed by atoms with Gasteiger partial charge in [-0.3, -0.25) is 14.7 Å². The molecule has 0 saturated heterocycles. The first kappa shape index (κ1) is 16.8. The molecule has 0 aliphatic rings. The van der Waals surface area contributed by atoms with E-state index in [0.717, 1.165) is 0 Å². The summed E-state index contributed by atoms with van der Waals surface area (Å²) in [5.41, 5.74) is 1.61. The molecular weight excluding hydrogens is 346 g/mol. The predicted molar refractivity (Wildman–Crippen MR) is 89.5 cm³/mol. The number of esters is 1. The van der Waals surface area contributed by atoms with Gasteiger partial charge in [-0.25, -0.2) is 9.67 Å². The molecule has 3 aromatic rings. The Bertz CT molecular complexity index is 963. The fraction of sp³-hybridized carbons (Fsp3) is 0.188. The molecule has 0 atom stereocenters. The van der Waals surface area contributed by atoms with Crippen molar-refractivity contribution < 1.29 is 14.3 Å². The molecule has 0 aliphatic carbocycles. The van der Waals surface area contributed by atoms with E-state index < -0.39 is 5.97 Å². The van der Waals surface area contributed by atoms with Crippen LogP contribution in [0.2, 0.25) is 5.02 Å². The number of carbonyl (C=O) groups excluding carboxylic acids is 2. The molecule has 2 aromatic heterocycles. The number of ketones is 1. The first-order valence-electron chi connectivity index (χ1n) is 7.30. The molecule has 1 N–H and O–H groups in total. The van der Waals surface area contributed by atoms with E-state index in [1.807, 2.05) is 0 Å². The maximum Gasteiger partial charge on any atom is 0.309 e. The number of aryl methyl sites for hydroxylation is 2. The van der Waals surface area contributed by atoms with Gasteiger partial charge in [0, 0.05) is 25.1 Å². The normalized spacial score (nSPS) is 10.7. The summed E-state index contributed by atoms with van der Waals surface area (Å²) in [5.74, 6) is -0.288. The van der Waals surface area contributed by atoms with E-state index in [0.29, 0.717) is 17.1 Å². The number of nitrogens with one attached hydrogen (secondary N) is 1. The molecule has 0 aliphatic heterocycles. The highest BCUT2D eigenvalue weighted by molar-refractivity contribution is 6.35. The zero-order chi connectivity index (χ0) is 18.1. The maximum absolute atomic E-state index is 12.9. The smallest absolute Gasteiger partial charge is 0.309 e. The summed E-state index contributed by atoms with van der Waals surface area (Å²) in [6, 6.07) is 4.91. The first-order valence-corrected chi connectivity index (χ1v) is 7.68. The second-order valence-electron chi connectivity index (χ2n) is 5.34. The van der Waals surface area contributed by atoms with Gasteiger partial charge in [-0.2, -0.15) is 10.2 Å². The third kappa shape index (κ3) is 3.16. The van der Waals surface area contributed by atoms with Gasteiger partial charge in [-0.1, -0.05) is 17.7 Å². The molecule has 0 unspecified atom stereocenters. The number of hydrogen-bond acceptors (Lipinski definition) is 6. The fourth-order valence-corrected chi connectivity index (χ4v) is 2.74. The summed E-state index contributed by atoms with van der Waals surface area (Å²) in [7, 11) is 1.59. The van der Waals surface area contributed by atoms with Gasteiger partial charge in [0.15, 0.2) is 5.82 Å². The van der Waals surface area contributed by atoms with Crippen LogP contribution in [0.25, 0.3) is 11.4 Å². The summed E-state index contributed by atoms with van der Waals surface area (Å²) in [5, 5.41) is 10.9. The highest BCUT2D eigenvalue weighted by Crippen LogP contribution is 2.29. The Morgan fingerprint density at radius 2 is 2.08 bits per heavy atom. The number of aromatic nitrogens is 5. The molecule has 8 nitrogen and oxygen atoms in total. The van der Waals surface area contributed by atoms with Gasteiger partial charge >= 0.3 is 5.97 Å². The molecule has 0 amide bonds. The largest absolute Gasteiger partial charge is 0.407 e. The molecule has 0 spiro atoms. The minimum absolute atomic E-state index is 0.0883. The van der Waals surface area contributed by atoms with Crippen molar-refractivity contribution in [2.75, 3.05) is 0 Å². The molecule has 1 aromatic carbocycles. The second-order valence-corrected chi connectivity index (χ2v) is 5.75. The van der Waals surface area contributed by atoms with E-state index in [9.17, 15) is 9.59 Å². The van der Waals surface area contributed by atoms with Crippen LogP contribution in [0.15, 0.2) is 24.5 Å². The molecule has 0 radical (unpaired) electrons. The fourth-order valence-electron chi connectivity index (χ4n) is 2.48. The van der Waals surface area contributed by atoms with Gasteiger partial charge < -0.3 is 4.74 Å². The number of nitrogens with zero attached hydrogens (tertiary/aromatic N) is 4. The van der Waals surface area contributed by atoms with Crippen molar-refractivity contribution in [1.29, 1.82) is 0 Å². The Morgan fingerprint density at radius 3 is 2.68 bits per heavy atom. The summed E-state index contributed by atoms with van der Waals surface area (Å²) in [6.07, 6.45) is 1.38. The lowest BCUT2D eigenvalue weighted by Gasteiger charge is -2.07. The first-order chi connectivity index (χ1) is 11.9. The Hall–Kier alpha value is -3.00. The van der Waals surface area contributed by atoms with E-state index in [1.165, 1.54) is 17.9 Å². The zero-order valence-electron chi connectivity index (χ0n) is 13.7. The third-order valence-electron chi connectivity index (χ3n) is 3.54. The molecule has 0 saturated carbocycles.